The summed E-state index contributed by atoms with van der Waals surface area (Å²) in [7, 11) is 0. The van der Waals surface area contributed by atoms with Crippen molar-refractivity contribution >= 4 is 55.7 Å². The number of fused-ring (bicyclic) bond motifs is 2. The highest BCUT2D eigenvalue weighted by Crippen LogP contribution is 2.47. The molecule has 0 amide bonds. The lowest BCUT2D eigenvalue weighted by Gasteiger charge is -2.27. The van der Waals surface area contributed by atoms with Crippen LogP contribution in [0.15, 0.2) is 497 Å². The Labute approximate surface area is 691 Å². The van der Waals surface area contributed by atoms with Crippen molar-refractivity contribution in [2.24, 2.45) is 0 Å². The highest BCUT2D eigenvalue weighted by atomic mass is 15.1. The van der Waals surface area contributed by atoms with Gasteiger partial charge in [-0.2, -0.15) is 0 Å². The normalized spacial score (nSPS) is 11.1. The molecule has 0 spiro atoms. The molecule has 0 aliphatic rings. The zero-order chi connectivity index (χ0) is 78.8. The Morgan fingerprint density at radius 1 is 0.102 bits per heavy atom. The predicted molar refractivity (Wildman–Crippen MR) is 502 cm³/mol. The first-order valence-corrected chi connectivity index (χ1v) is 40.5. The van der Waals surface area contributed by atoms with E-state index < -0.39 is 0 Å². The fourth-order valence-corrected chi connectivity index (χ4v) is 16.6. The van der Waals surface area contributed by atoms with Crippen LogP contribution in [0.2, 0.25) is 0 Å². The van der Waals surface area contributed by atoms with E-state index in [-0.39, 0.29) is 0 Å². The minimum atomic E-state index is 1.08. The SMILES string of the molecule is c1ccc(-c2ccc(-c3cc(N(c4ccc(-c5ccccc5)cc4)c4ccc(-c5cccc6ccccc56)cc4)ccc3-c3cccc(-c4ccccc4)c3)cc2)cc1.c1ccc(-c2ccc(-c3cc(N(c4ccc(-c5ccccc5)cc4)c4ccc(-c5cccc6ccccc56)cc4)ccc3-c3ccccc3-c3ccccc3)cc2)cc1. The van der Waals surface area contributed by atoms with E-state index in [1.165, 1.54) is 144 Å². The van der Waals surface area contributed by atoms with E-state index in [0.29, 0.717) is 0 Å². The van der Waals surface area contributed by atoms with Crippen LogP contribution in [-0.4, -0.2) is 0 Å². The van der Waals surface area contributed by atoms with E-state index in [9.17, 15) is 0 Å². The summed E-state index contributed by atoms with van der Waals surface area (Å²) in [4.78, 5) is 4.77. The summed E-state index contributed by atoms with van der Waals surface area (Å²) < 4.78 is 0. The highest BCUT2D eigenvalue weighted by Gasteiger charge is 2.22. The second-order valence-corrected chi connectivity index (χ2v) is 29.8. The maximum atomic E-state index is 2.39. The molecule has 118 heavy (non-hydrogen) atoms. The van der Waals surface area contributed by atoms with Crippen molar-refractivity contribution in [2.45, 2.75) is 0 Å². The van der Waals surface area contributed by atoms with Crippen LogP contribution in [0.25, 0.3) is 155 Å². The van der Waals surface area contributed by atoms with Gasteiger partial charge in [0, 0.05) is 34.1 Å². The monoisotopic (exact) mass is 1500 g/mol. The molecule has 0 aliphatic heterocycles. The van der Waals surface area contributed by atoms with Gasteiger partial charge in [0.15, 0.2) is 0 Å². The highest BCUT2D eigenvalue weighted by molar-refractivity contribution is 6.00. The molecular formula is C116H82N2. The molecule has 20 aromatic carbocycles. The van der Waals surface area contributed by atoms with Crippen LogP contribution in [0.5, 0.6) is 0 Å². The first kappa shape index (κ1) is 72.7. The van der Waals surface area contributed by atoms with E-state index in [4.69, 9.17) is 0 Å². The molecule has 0 fully saturated rings. The Morgan fingerprint density at radius 2 is 0.314 bits per heavy atom. The minimum Gasteiger partial charge on any atom is -0.310 e. The molecule has 0 saturated carbocycles. The third-order valence-corrected chi connectivity index (χ3v) is 22.6. The standard InChI is InChI=1S/2C58H41N/c1-4-14-42(15-5-1)45-26-28-49(29-27-45)58-41-54(38-39-57(58)51-23-12-22-50(40-51)44-18-8-3-9-19-44)59(52-34-30-46(31-35-52)43-16-6-2-7-17-43)53-36-32-48(33-37-53)56-25-13-21-47-20-10-11-24-55(47)56;1-4-15-42(16-5-1)44-27-29-49(30-28-44)58-41-52(39-40-57(58)56-25-13-12-24-55(56)46-19-8-3-9-20-46)59(50-35-31-45(32-36-50)43-17-6-2-7-18-43)51-37-33-48(34-38-51)54-26-14-22-47-21-10-11-23-53(47)54/h2*1-41H. The van der Waals surface area contributed by atoms with Crippen molar-refractivity contribution in [3.8, 4) is 134 Å². The average molecular weight is 1500 g/mol. The number of rotatable bonds is 18. The van der Waals surface area contributed by atoms with Crippen LogP contribution in [-0.2, 0) is 0 Å². The first-order valence-electron chi connectivity index (χ1n) is 40.5. The molecule has 0 bridgehead atoms. The molecule has 20 aromatic rings. The maximum absolute atomic E-state index is 2.39. The van der Waals surface area contributed by atoms with Gasteiger partial charge in [0.05, 0.1) is 0 Å². The Kier molecular flexibility index (Phi) is 20.8. The molecule has 0 unspecified atom stereocenters. The van der Waals surface area contributed by atoms with Crippen LogP contribution < -0.4 is 9.80 Å². The fraction of sp³-hybridized carbons (Fsp3) is 0. The van der Waals surface area contributed by atoms with Gasteiger partial charge >= 0.3 is 0 Å². The molecule has 556 valence electrons. The first-order chi connectivity index (χ1) is 58.5. The summed E-state index contributed by atoms with van der Waals surface area (Å²) in [5, 5.41) is 5.00. The molecule has 0 aliphatic carbocycles. The summed E-state index contributed by atoms with van der Waals surface area (Å²) >= 11 is 0. The van der Waals surface area contributed by atoms with Crippen molar-refractivity contribution in [1.29, 1.82) is 0 Å². The van der Waals surface area contributed by atoms with E-state index in [1.807, 2.05) is 0 Å². The topological polar surface area (TPSA) is 6.48 Å². The van der Waals surface area contributed by atoms with Gasteiger partial charge in [-0.05, 0) is 234 Å². The van der Waals surface area contributed by atoms with Gasteiger partial charge in [0.2, 0.25) is 0 Å². The summed E-state index contributed by atoms with van der Waals surface area (Å²) in [5.74, 6) is 0. The lowest BCUT2D eigenvalue weighted by molar-refractivity contribution is 1.28. The van der Waals surface area contributed by atoms with Crippen molar-refractivity contribution in [2.75, 3.05) is 9.80 Å². The van der Waals surface area contributed by atoms with Gasteiger partial charge < -0.3 is 9.80 Å². The predicted octanol–water partition coefficient (Wildman–Crippen LogP) is 32.6. The number of benzene rings is 20. The van der Waals surface area contributed by atoms with E-state index in [2.05, 4.69) is 507 Å². The van der Waals surface area contributed by atoms with Crippen LogP contribution in [0.3, 0.4) is 0 Å². The Bertz CT molecular complexity index is 6800. The molecule has 2 nitrogen and oxygen atoms in total. The largest absolute Gasteiger partial charge is 0.310 e. The number of nitrogens with zero attached hydrogens (tertiary/aromatic N) is 2. The Hall–Kier alpha value is -15.5. The van der Waals surface area contributed by atoms with E-state index in [1.54, 1.807) is 0 Å². The molecule has 20 rings (SSSR count). The third kappa shape index (κ3) is 15.5. The number of anilines is 6. The molecule has 0 N–H and O–H groups in total. The summed E-state index contributed by atoms with van der Waals surface area (Å²) in [6.07, 6.45) is 0. The molecular weight excluding hydrogens is 1420 g/mol. The number of hydrogen-bond acceptors (Lipinski definition) is 2. The van der Waals surface area contributed by atoms with Crippen LogP contribution >= 0.6 is 0 Å². The average Bonchev–Trinajstić information content (AvgIpc) is 0.774. The molecule has 0 aromatic heterocycles. The third-order valence-electron chi connectivity index (χ3n) is 22.6. The van der Waals surface area contributed by atoms with E-state index >= 15 is 0 Å². The quantitative estimate of drug-likeness (QED) is 0.0845. The van der Waals surface area contributed by atoms with Gasteiger partial charge in [-0.1, -0.05) is 419 Å². The van der Waals surface area contributed by atoms with Crippen LogP contribution in [0.1, 0.15) is 0 Å². The van der Waals surface area contributed by atoms with Crippen molar-refractivity contribution in [3.05, 3.63) is 497 Å². The van der Waals surface area contributed by atoms with Gasteiger partial charge in [-0.25, -0.2) is 0 Å². The second-order valence-electron chi connectivity index (χ2n) is 29.8. The summed E-state index contributed by atoms with van der Waals surface area (Å²) in [6.45, 7) is 0. The molecule has 0 atom stereocenters. The minimum absolute atomic E-state index is 1.08. The van der Waals surface area contributed by atoms with Gasteiger partial charge in [-0.15, -0.1) is 0 Å². The van der Waals surface area contributed by atoms with Crippen LogP contribution in [0.4, 0.5) is 34.1 Å². The zero-order valence-corrected chi connectivity index (χ0v) is 65.2. The van der Waals surface area contributed by atoms with Gasteiger partial charge in [-0.3, -0.25) is 0 Å². The summed E-state index contributed by atoms with van der Waals surface area (Å²) in [6, 6.07) is 180. The number of hydrogen-bond donors (Lipinski definition) is 0. The van der Waals surface area contributed by atoms with Crippen molar-refractivity contribution in [3.63, 3.8) is 0 Å². The molecule has 0 saturated heterocycles. The molecule has 0 heterocycles. The van der Waals surface area contributed by atoms with E-state index in [0.717, 1.165) is 45.3 Å². The smallest absolute Gasteiger partial charge is 0.0468 e. The van der Waals surface area contributed by atoms with Gasteiger partial charge in [0.25, 0.3) is 0 Å². The van der Waals surface area contributed by atoms with Gasteiger partial charge in [0.1, 0.15) is 0 Å². The summed E-state index contributed by atoms with van der Waals surface area (Å²) in [5.41, 5.74) is 35.2. The Balaban J connectivity index is 0.000000157. The molecule has 0 radical (unpaired) electrons. The van der Waals surface area contributed by atoms with Crippen molar-refractivity contribution in [1.82, 2.24) is 0 Å². The molecule has 2 heteroatoms. The second kappa shape index (κ2) is 33.7. The lowest BCUT2D eigenvalue weighted by atomic mass is 9.88. The maximum Gasteiger partial charge on any atom is 0.0468 e. The fourth-order valence-electron chi connectivity index (χ4n) is 16.6. The zero-order valence-electron chi connectivity index (χ0n) is 65.2. The van der Waals surface area contributed by atoms with Crippen LogP contribution in [0, 0.1) is 0 Å². The Morgan fingerprint density at radius 3 is 0.712 bits per heavy atom. The lowest BCUT2D eigenvalue weighted by Crippen LogP contribution is -2.10. The van der Waals surface area contributed by atoms with Crippen molar-refractivity contribution < 1.29 is 0 Å².